The quantitative estimate of drug-likeness (QED) is 0.190. The molecule has 0 spiro atoms. The van der Waals surface area contributed by atoms with Gasteiger partial charge in [0.1, 0.15) is 4.88 Å². The third-order valence-electron chi connectivity index (χ3n) is 7.28. The number of thiophene rings is 4. The maximum absolute atomic E-state index is 12.7. The smallest absolute Gasteiger partial charge is 0.348 e. The molecule has 0 bridgehead atoms. The molecule has 7 rings (SSSR count). The number of rotatable bonds is 6. The average Bonchev–Trinajstić information content (AvgIpc) is 3.67. The zero-order chi connectivity index (χ0) is 25.3. The second kappa shape index (κ2) is 9.05. The number of benzene rings is 3. The molecule has 0 aliphatic carbocycles. The van der Waals surface area contributed by atoms with E-state index < -0.39 is 0 Å². The van der Waals surface area contributed by atoms with Crippen molar-refractivity contribution in [3.8, 4) is 0 Å². The minimum absolute atomic E-state index is 0.223. The molecule has 6 heteroatoms. The fraction of sp³-hybridized carbons (Fsp3) is 0.258. The highest BCUT2D eigenvalue weighted by molar-refractivity contribution is 7.29. The molecule has 4 aromatic heterocycles. The third-order valence-corrected chi connectivity index (χ3v) is 11.7. The lowest BCUT2D eigenvalue weighted by molar-refractivity contribution is 0.0532. The Bertz CT molecular complexity index is 2000. The lowest BCUT2D eigenvalue weighted by atomic mass is 9.92. The van der Waals surface area contributed by atoms with Crippen molar-refractivity contribution >= 4 is 112 Å². The summed E-state index contributed by atoms with van der Waals surface area (Å²) in [5.41, 5.74) is 3.09. The lowest BCUT2D eigenvalue weighted by Crippen LogP contribution is -2.01. The molecule has 3 aromatic carbocycles. The summed E-state index contributed by atoms with van der Waals surface area (Å²) in [6, 6.07) is 13.4. The van der Waals surface area contributed by atoms with Crippen molar-refractivity contribution in [3.05, 3.63) is 57.8 Å². The normalized spacial score (nSPS) is 12.3. The maximum Gasteiger partial charge on any atom is 0.348 e. The zero-order valence-electron chi connectivity index (χ0n) is 21.0. The average molecular weight is 559 g/mol. The Hall–Kier alpha value is -2.51. The molecule has 0 fully saturated rings. The SMILES string of the molecule is CCCc1c(CCC)c2sc3ccc4sc(C(=O)OCC)cc4c3c2c2c1sc1ccc3sccc3c12. The Labute approximate surface area is 231 Å². The molecule has 0 radical (unpaired) electrons. The summed E-state index contributed by atoms with van der Waals surface area (Å²) in [5, 5.41) is 10.3. The summed E-state index contributed by atoms with van der Waals surface area (Å²) in [6.07, 6.45) is 4.47. The second-order valence-electron chi connectivity index (χ2n) is 9.52. The first-order chi connectivity index (χ1) is 18.1. The highest BCUT2D eigenvalue weighted by atomic mass is 32.1. The van der Waals surface area contributed by atoms with Gasteiger partial charge in [0, 0.05) is 60.5 Å². The Morgan fingerprint density at radius 1 is 0.703 bits per heavy atom. The van der Waals surface area contributed by atoms with E-state index >= 15 is 0 Å². The Morgan fingerprint density at radius 3 is 1.92 bits per heavy atom. The zero-order valence-corrected chi connectivity index (χ0v) is 24.3. The standard InChI is InChI=1S/C31H26O2S4/c1-4-7-16-17(8-5-2)30-28(27-25-18-13-14-34-20(18)9-11-22(25)36-29(16)27)26-19-15-24(31(32)33-6-3)35-21(19)10-12-23(26)37-30/h9-15H,4-8H2,1-3H3. The van der Waals surface area contributed by atoms with Crippen LogP contribution in [0.4, 0.5) is 0 Å². The predicted octanol–water partition coefficient (Wildman–Crippen LogP) is 10.9. The van der Waals surface area contributed by atoms with Crippen LogP contribution in [-0.2, 0) is 17.6 Å². The van der Waals surface area contributed by atoms with E-state index in [9.17, 15) is 4.79 Å². The fourth-order valence-corrected chi connectivity index (χ4v) is 10.3. The van der Waals surface area contributed by atoms with Gasteiger partial charge in [0.05, 0.1) is 6.61 Å². The number of ether oxygens (including phenoxy) is 1. The van der Waals surface area contributed by atoms with Crippen molar-refractivity contribution < 1.29 is 9.53 Å². The van der Waals surface area contributed by atoms with E-state index in [-0.39, 0.29) is 5.97 Å². The van der Waals surface area contributed by atoms with Gasteiger partial charge >= 0.3 is 5.97 Å². The van der Waals surface area contributed by atoms with Crippen LogP contribution in [-0.4, -0.2) is 12.6 Å². The molecule has 0 atom stereocenters. The summed E-state index contributed by atoms with van der Waals surface area (Å²) in [4.78, 5) is 13.4. The van der Waals surface area contributed by atoms with Crippen LogP contribution in [0.5, 0.6) is 0 Å². The Kier molecular flexibility index (Phi) is 5.77. The van der Waals surface area contributed by atoms with Gasteiger partial charge in [0.15, 0.2) is 0 Å². The molecule has 37 heavy (non-hydrogen) atoms. The van der Waals surface area contributed by atoms with Crippen molar-refractivity contribution in [2.75, 3.05) is 6.61 Å². The van der Waals surface area contributed by atoms with Crippen LogP contribution in [0.3, 0.4) is 0 Å². The minimum atomic E-state index is -0.223. The van der Waals surface area contributed by atoms with E-state index in [1.807, 2.05) is 40.9 Å². The van der Waals surface area contributed by atoms with E-state index in [0.717, 1.165) is 30.4 Å². The molecular formula is C31H26O2S4. The van der Waals surface area contributed by atoms with Gasteiger partial charge < -0.3 is 4.74 Å². The lowest BCUT2D eigenvalue weighted by Gasteiger charge is -2.13. The molecule has 186 valence electrons. The van der Waals surface area contributed by atoms with Crippen LogP contribution >= 0.6 is 45.3 Å². The van der Waals surface area contributed by atoms with Crippen LogP contribution in [0, 0.1) is 0 Å². The number of hydrogen-bond acceptors (Lipinski definition) is 6. The maximum atomic E-state index is 12.7. The fourth-order valence-electron chi connectivity index (χ4n) is 5.86. The Morgan fingerprint density at radius 2 is 1.30 bits per heavy atom. The topological polar surface area (TPSA) is 26.3 Å². The van der Waals surface area contributed by atoms with E-state index in [1.165, 1.54) is 61.4 Å². The molecular weight excluding hydrogens is 533 g/mol. The first kappa shape index (κ1) is 23.6. The third kappa shape index (κ3) is 3.42. The molecule has 0 amide bonds. The van der Waals surface area contributed by atoms with Crippen LogP contribution in [0.15, 0.2) is 41.8 Å². The van der Waals surface area contributed by atoms with Gasteiger partial charge in [-0.05, 0) is 72.7 Å². The summed E-state index contributed by atoms with van der Waals surface area (Å²) in [6.45, 7) is 6.85. The molecule has 7 aromatic rings. The highest BCUT2D eigenvalue weighted by Gasteiger charge is 2.24. The van der Waals surface area contributed by atoms with Crippen LogP contribution in [0.2, 0.25) is 0 Å². The summed E-state index contributed by atoms with van der Waals surface area (Å²) in [7, 11) is 0. The summed E-state index contributed by atoms with van der Waals surface area (Å²) < 4.78 is 13.4. The number of carbonyl (C=O) groups is 1. The molecule has 0 saturated heterocycles. The van der Waals surface area contributed by atoms with Gasteiger partial charge in [0.2, 0.25) is 0 Å². The number of aryl methyl sites for hydroxylation is 2. The molecule has 4 heterocycles. The Balaban J connectivity index is 1.74. The summed E-state index contributed by atoms with van der Waals surface area (Å²) >= 11 is 7.28. The van der Waals surface area contributed by atoms with Crippen molar-refractivity contribution in [2.24, 2.45) is 0 Å². The monoisotopic (exact) mass is 558 g/mol. The van der Waals surface area contributed by atoms with E-state index in [4.69, 9.17) is 4.74 Å². The molecule has 0 saturated carbocycles. The van der Waals surface area contributed by atoms with Gasteiger partial charge in [-0.25, -0.2) is 4.79 Å². The van der Waals surface area contributed by atoms with E-state index in [1.54, 1.807) is 16.9 Å². The second-order valence-corrected chi connectivity index (χ2v) is 13.7. The van der Waals surface area contributed by atoms with E-state index in [0.29, 0.717) is 11.5 Å². The predicted molar refractivity (Wildman–Crippen MR) is 167 cm³/mol. The first-order valence-electron chi connectivity index (χ1n) is 13.0. The van der Waals surface area contributed by atoms with Crippen molar-refractivity contribution in [3.63, 3.8) is 0 Å². The van der Waals surface area contributed by atoms with Crippen LogP contribution < -0.4 is 0 Å². The van der Waals surface area contributed by atoms with Gasteiger partial charge in [0.25, 0.3) is 0 Å². The van der Waals surface area contributed by atoms with Crippen molar-refractivity contribution in [2.45, 2.75) is 46.5 Å². The number of carbonyl (C=O) groups excluding carboxylic acids is 1. The molecule has 0 N–H and O–H groups in total. The largest absolute Gasteiger partial charge is 0.462 e. The van der Waals surface area contributed by atoms with Crippen molar-refractivity contribution in [1.82, 2.24) is 0 Å². The highest BCUT2D eigenvalue weighted by Crippen LogP contribution is 2.52. The molecule has 2 nitrogen and oxygen atoms in total. The van der Waals surface area contributed by atoms with Crippen LogP contribution in [0.25, 0.3) is 60.5 Å². The summed E-state index contributed by atoms with van der Waals surface area (Å²) in [5.74, 6) is -0.223. The number of hydrogen-bond donors (Lipinski definition) is 0. The number of esters is 1. The van der Waals surface area contributed by atoms with Crippen molar-refractivity contribution in [1.29, 1.82) is 0 Å². The van der Waals surface area contributed by atoms with Crippen LogP contribution in [0.1, 0.15) is 54.4 Å². The van der Waals surface area contributed by atoms with Gasteiger partial charge in [-0.3, -0.25) is 0 Å². The minimum Gasteiger partial charge on any atom is -0.462 e. The van der Waals surface area contributed by atoms with Gasteiger partial charge in [-0.1, -0.05) is 26.7 Å². The molecule has 0 aliphatic heterocycles. The van der Waals surface area contributed by atoms with Gasteiger partial charge in [-0.15, -0.1) is 45.3 Å². The van der Waals surface area contributed by atoms with E-state index in [2.05, 4.69) is 55.6 Å². The molecule has 0 aliphatic rings. The first-order valence-corrected chi connectivity index (χ1v) is 16.3. The molecule has 0 unspecified atom stereocenters. The number of fused-ring (bicyclic) bond motifs is 11. The van der Waals surface area contributed by atoms with Gasteiger partial charge in [-0.2, -0.15) is 0 Å².